The molecule has 0 radical (unpaired) electrons. The van der Waals surface area contributed by atoms with E-state index in [1.54, 1.807) is 35.8 Å². The number of hydrogen-bond donors (Lipinski definition) is 1. The Balaban J connectivity index is 1.57. The molecule has 1 aliphatic heterocycles. The minimum absolute atomic E-state index is 0.0334. The van der Waals surface area contributed by atoms with Gasteiger partial charge in [-0.05, 0) is 37.0 Å². The lowest BCUT2D eigenvalue weighted by Crippen LogP contribution is -2.42. The Morgan fingerprint density at radius 2 is 2.19 bits per heavy atom. The average Bonchev–Trinajstić information content (AvgIpc) is 3.19. The van der Waals surface area contributed by atoms with E-state index in [0.29, 0.717) is 43.4 Å². The van der Waals surface area contributed by atoms with Crippen molar-refractivity contribution in [3.8, 4) is 0 Å². The monoisotopic (exact) mass is 369 g/mol. The van der Waals surface area contributed by atoms with E-state index in [4.69, 9.17) is 4.42 Å². The Bertz CT molecular complexity index is 753. The standard InChI is InChI=1S/C21H27N3O3/c1-15(2)10-19(25)18-4-3-8-24(13-18)21(26)17-5-6-20(23-12-17)22-11-16-7-9-27-14-16/h5-7,9,12,14-15,18H,3-4,8,10-11,13H2,1-2H3,(H,22,23). The molecule has 2 aromatic heterocycles. The number of anilines is 1. The summed E-state index contributed by atoms with van der Waals surface area (Å²) in [5.41, 5.74) is 1.59. The lowest BCUT2D eigenvalue weighted by atomic mass is 9.89. The summed E-state index contributed by atoms with van der Waals surface area (Å²) in [5.74, 6) is 1.26. The first-order valence-corrected chi connectivity index (χ1v) is 9.56. The third kappa shape index (κ3) is 5.18. The Morgan fingerprint density at radius 1 is 1.33 bits per heavy atom. The Labute approximate surface area is 160 Å². The second kappa shape index (κ2) is 8.84. The molecular formula is C21H27N3O3. The fourth-order valence-electron chi connectivity index (χ4n) is 3.39. The van der Waals surface area contributed by atoms with Gasteiger partial charge in [0.15, 0.2) is 0 Å². The van der Waals surface area contributed by atoms with Crippen LogP contribution in [0.4, 0.5) is 5.82 Å². The molecule has 1 unspecified atom stereocenters. The molecule has 1 amide bonds. The van der Waals surface area contributed by atoms with Crippen molar-refractivity contribution >= 4 is 17.5 Å². The zero-order valence-corrected chi connectivity index (χ0v) is 16.0. The summed E-state index contributed by atoms with van der Waals surface area (Å²) in [6.07, 6.45) is 7.25. The third-order valence-corrected chi connectivity index (χ3v) is 4.84. The molecule has 0 aliphatic carbocycles. The lowest BCUT2D eigenvalue weighted by molar-refractivity contribution is -0.124. The summed E-state index contributed by atoms with van der Waals surface area (Å²) in [5, 5.41) is 3.19. The Morgan fingerprint density at radius 3 is 2.85 bits per heavy atom. The number of furan rings is 1. The predicted octanol–water partition coefficient (Wildman–Crippen LogP) is 3.75. The van der Waals surface area contributed by atoms with Crippen LogP contribution in [0.2, 0.25) is 0 Å². The number of hydrogen-bond acceptors (Lipinski definition) is 5. The van der Waals surface area contributed by atoms with E-state index in [1.807, 2.05) is 6.07 Å². The SMILES string of the molecule is CC(C)CC(=O)C1CCCN(C(=O)c2ccc(NCc3ccoc3)nc2)C1. The average molecular weight is 369 g/mol. The van der Waals surface area contributed by atoms with Crippen molar-refractivity contribution in [3.05, 3.63) is 48.0 Å². The van der Waals surface area contributed by atoms with Crippen LogP contribution in [0.5, 0.6) is 0 Å². The van der Waals surface area contributed by atoms with E-state index in [2.05, 4.69) is 24.1 Å². The highest BCUT2D eigenvalue weighted by molar-refractivity contribution is 5.94. The molecule has 1 fully saturated rings. The van der Waals surface area contributed by atoms with Gasteiger partial charge in [0.2, 0.25) is 0 Å². The summed E-state index contributed by atoms with van der Waals surface area (Å²) in [4.78, 5) is 31.3. The number of carbonyl (C=O) groups is 2. The number of likely N-dealkylation sites (tertiary alicyclic amines) is 1. The number of Topliss-reactive ketones (excluding diaryl/α,β-unsaturated/α-hetero) is 1. The molecule has 3 heterocycles. The molecule has 0 bridgehead atoms. The summed E-state index contributed by atoms with van der Waals surface area (Å²) < 4.78 is 5.03. The molecule has 3 rings (SSSR count). The van der Waals surface area contributed by atoms with Gasteiger partial charge in [-0.3, -0.25) is 9.59 Å². The highest BCUT2D eigenvalue weighted by atomic mass is 16.3. The Kier molecular flexibility index (Phi) is 6.27. The maximum atomic E-state index is 12.8. The zero-order valence-electron chi connectivity index (χ0n) is 16.0. The van der Waals surface area contributed by atoms with E-state index in [-0.39, 0.29) is 17.6 Å². The van der Waals surface area contributed by atoms with Gasteiger partial charge in [-0.1, -0.05) is 13.8 Å². The number of ketones is 1. The number of piperidine rings is 1. The zero-order chi connectivity index (χ0) is 19.2. The molecule has 6 heteroatoms. The van der Waals surface area contributed by atoms with Crippen molar-refractivity contribution < 1.29 is 14.0 Å². The topological polar surface area (TPSA) is 75.4 Å². The fraction of sp³-hybridized carbons (Fsp3) is 0.476. The van der Waals surface area contributed by atoms with Gasteiger partial charge in [0, 0.05) is 43.7 Å². The number of carbonyl (C=O) groups excluding carboxylic acids is 2. The summed E-state index contributed by atoms with van der Waals surface area (Å²) in [6.45, 7) is 5.94. The van der Waals surface area contributed by atoms with E-state index in [1.165, 1.54) is 0 Å². The first-order valence-electron chi connectivity index (χ1n) is 9.56. The minimum Gasteiger partial charge on any atom is -0.472 e. The molecule has 144 valence electrons. The minimum atomic E-state index is -0.0501. The largest absolute Gasteiger partial charge is 0.472 e. The molecule has 2 aromatic rings. The number of amides is 1. The summed E-state index contributed by atoms with van der Waals surface area (Å²) >= 11 is 0. The van der Waals surface area contributed by atoms with Crippen molar-refractivity contribution in [1.29, 1.82) is 0 Å². The van der Waals surface area contributed by atoms with Gasteiger partial charge < -0.3 is 14.6 Å². The molecule has 0 spiro atoms. The van der Waals surface area contributed by atoms with Gasteiger partial charge in [0.05, 0.1) is 18.1 Å². The molecular weight excluding hydrogens is 342 g/mol. The predicted molar refractivity (Wildman–Crippen MR) is 103 cm³/mol. The lowest BCUT2D eigenvalue weighted by Gasteiger charge is -2.32. The maximum absolute atomic E-state index is 12.8. The van der Waals surface area contributed by atoms with Crippen LogP contribution in [0.3, 0.4) is 0 Å². The maximum Gasteiger partial charge on any atom is 0.255 e. The molecule has 1 aliphatic rings. The molecule has 27 heavy (non-hydrogen) atoms. The van der Waals surface area contributed by atoms with E-state index < -0.39 is 0 Å². The van der Waals surface area contributed by atoms with Crippen molar-refractivity contribution in [2.45, 2.75) is 39.7 Å². The van der Waals surface area contributed by atoms with Crippen LogP contribution in [0.15, 0.2) is 41.3 Å². The van der Waals surface area contributed by atoms with Crippen LogP contribution in [0, 0.1) is 11.8 Å². The normalized spacial score (nSPS) is 17.1. The van der Waals surface area contributed by atoms with Crippen molar-refractivity contribution in [2.75, 3.05) is 18.4 Å². The van der Waals surface area contributed by atoms with Crippen LogP contribution >= 0.6 is 0 Å². The summed E-state index contributed by atoms with van der Waals surface area (Å²) in [7, 11) is 0. The molecule has 1 saturated heterocycles. The van der Waals surface area contributed by atoms with Gasteiger partial charge in [0.1, 0.15) is 11.6 Å². The van der Waals surface area contributed by atoms with Crippen LogP contribution in [0.1, 0.15) is 49.0 Å². The quantitative estimate of drug-likeness (QED) is 0.804. The number of rotatable bonds is 7. The van der Waals surface area contributed by atoms with Gasteiger partial charge >= 0.3 is 0 Å². The highest BCUT2D eigenvalue weighted by Crippen LogP contribution is 2.22. The van der Waals surface area contributed by atoms with Gasteiger partial charge in [-0.25, -0.2) is 4.98 Å². The summed E-state index contributed by atoms with van der Waals surface area (Å²) in [6, 6.07) is 5.48. The van der Waals surface area contributed by atoms with Crippen LogP contribution < -0.4 is 5.32 Å². The van der Waals surface area contributed by atoms with Crippen molar-refractivity contribution in [2.24, 2.45) is 11.8 Å². The van der Waals surface area contributed by atoms with Crippen molar-refractivity contribution in [1.82, 2.24) is 9.88 Å². The number of aromatic nitrogens is 1. The number of nitrogens with zero attached hydrogens (tertiary/aromatic N) is 2. The van der Waals surface area contributed by atoms with Crippen LogP contribution in [0.25, 0.3) is 0 Å². The van der Waals surface area contributed by atoms with Gasteiger partial charge in [0.25, 0.3) is 5.91 Å². The van der Waals surface area contributed by atoms with E-state index in [0.717, 1.165) is 18.4 Å². The smallest absolute Gasteiger partial charge is 0.255 e. The second-order valence-electron chi connectivity index (χ2n) is 7.57. The number of pyridine rings is 1. The van der Waals surface area contributed by atoms with Crippen molar-refractivity contribution in [3.63, 3.8) is 0 Å². The number of nitrogens with one attached hydrogen (secondary N) is 1. The van der Waals surface area contributed by atoms with E-state index in [9.17, 15) is 9.59 Å². The highest BCUT2D eigenvalue weighted by Gasteiger charge is 2.29. The second-order valence-corrected chi connectivity index (χ2v) is 7.57. The molecule has 0 saturated carbocycles. The molecule has 1 atom stereocenters. The van der Waals surface area contributed by atoms with Crippen LogP contribution in [-0.2, 0) is 11.3 Å². The Hall–Kier alpha value is -2.63. The third-order valence-electron chi connectivity index (χ3n) is 4.84. The molecule has 1 N–H and O–H groups in total. The van der Waals surface area contributed by atoms with Gasteiger partial charge in [-0.15, -0.1) is 0 Å². The van der Waals surface area contributed by atoms with Gasteiger partial charge in [-0.2, -0.15) is 0 Å². The first-order chi connectivity index (χ1) is 13.0. The fourth-order valence-corrected chi connectivity index (χ4v) is 3.39. The first kappa shape index (κ1) is 19.1. The molecule has 0 aromatic carbocycles. The van der Waals surface area contributed by atoms with Crippen LogP contribution in [-0.4, -0.2) is 34.7 Å². The van der Waals surface area contributed by atoms with E-state index >= 15 is 0 Å². The molecule has 6 nitrogen and oxygen atoms in total.